The van der Waals surface area contributed by atoms with Crippen molar-refractivity contribution in [2.45, 2.75) is 48.9 Å². The smallest absolute Gasteiger partial charge is 0.395 e. The zero-order valence-electron chi connectivity index (χ0n) is 12.8. The maximum Gasteiger partial charge on any atom is 0.397 e. The highest BCUT2D eigenvalue weighted by molar-refractivity contribution is 7.80. The van der Waals surface area contributed by atoms with Crippen LogP contribution < -0.4 is 0 Å². The minimum Gasteiger partial charge on any atom is -0.395 e. The normalized spacial score (nSPS) is 31.5. The van der Waals surface area contributed by atoms with Crippen molar-refractivity contribution in [1.82, 2.24) is 4.90 Å². The van der Waals surface area contributed by atoms with Crippen molar-refractivity contribution in [3.8, 4) is 0 Å². The summed E-state index contributed by atoms with van der Waals surface area (Å²) in [7, 11) is -5.24. The summed E-state index contributed by atoms with van der Waals surface area (Å²) in [6, 6.07) is -1.23. The van der Waals surface area contributed by atoms with Gasteiger partial charge in [-0.15, -0.1) is 0 Å². The minimum atomic E-state index is -5.24. The lowest BCUT2D eigenvalue weighted by molar-refractivity contribution is -0.169. The summed E-state index contributed by atoms with van der Waals surface area (Å²) in [4.78, 5) is 0.818. The molecule has 150 valence electrons. The van der Waals surface area contributed by atoms with Crippen LogP contribution in [0.25, 0.3) is 0 Å². The maximum absolute atomic E-state index is 10.9. The third-order valence-corrected chi connectivity index (χ3v) is 4.40. The Morgan fingerprint density at radius 2 is 1.64 bits per heavy atom. The van der Waals surface area contributed by atoms with E-state index in [0.717, 1.165) is 4.90 Å². The number of hydrogen-bond donors (Lipinski definition) is 9. The Labute approximate surface area is 142 Å². The molecule has 1 rings (SSSR count). The number of aliphatic hydroxyl groups is 8. The number of hydrogen-bond acceptors (Lipinski definition) is 12. The molecule has 0 aromatic heterocycles. The molecule has 0 amide bonds. The van der Waals surface area contributed by atoms with Crippen molar-refractivity contribution in [2.24, 2.45) is 0 Å². The van der Waals surface area contributed by atoms with Crippen LogP contribution in [0.1, 0.15) is 0 Å². The Balaban J connectivity index is 3.04. The molecule has 0 bridgehead atoms. The van der Waals surface area contributed by atoms with Crippen LogP contribution in [-0.2, 0) is 14.6 Å². The fourth-order valence-electron chi connectivity index (χ4n) is 2.58. The molecule has 0 saturated carbocycles. The molecular weight excluding hydrogens is 370 g/mol. The third-order valence-electron chi connectivity index (χ3n) is 3.93. The highest BCUT2D eigenvalue weighted by Crippen LogP contribution is 2.24. The van der Waals surface area contributed by atoms with Crippen LogP contribution in [-0.4, -0.2) is 127 Å². The first kappa shape index (κ1) is 22.6. The summed E-state index contributed by atoms with van der Waals surface area (Å²) >= 11 is 0. The molecule has 1 unspecified atom stereocenters. The molecule has 1 fully saturated rings. The largest absolute Gasteiger partial charge is 0.397 e. The van der Waals surface area contributed by atoms with Crippen molar-refractivity contribution >= 4 is 10.4 Å². The molecular formula is C11H23NO12S. The lowest BCUT2D eigenvalue weighted by atomic mass is 10.0. The summed E-state index contributed by atoms with van der Waals surface area (Å²) in [5.41, 5.74) is 0. The Morgan fingerprint density at radius 1 is 1.08 bits per heavy atom. The van der Waals surface area contributed by atoms with E-state index >= 15 is 0 Å². The predicted octanol–water partition coefficient (Wildman–Crippen LogP) is -6.03. The van der Waals surface area contributed by atoms with Gasteiger partial charge in [0.1, 0.15) is 30.6 Å². The van der Waals surface area contributed by atoms with Crippen LogP contribution in [0, 0.1) is 0 Å². The van der Waals surface area contributed by atoms with Crippen molar-refractivity contribution in [3.05, 3.63) is 0 Å². The van der Waals surface area contributed by atoms with Gasteiger partial charge in [0, 0.05) is 6.54 Å². The first-order valence-electron chi connectivity index (χ1n) is 7.16. The van der Waals surface area contributed by atoms with Crippen molar-refractivity contribution in [3.63, 3.8) is 0 Å². The van der Waals surface area contributed by atoms with E-state index in [-0.39, 0.29) is 0 Å². The summed E-state index contributed by atoms with van der Waals surface area (Å²) in [5, 5.41) is 76.7. The van der Waals surface area contributed by atoms with Gasteiger partial charge in [-0.3, -0.25) is 9.45 Å². The summed E-state index contributed by atoms with van der Waals surface area (Å²) < 4.78 is 34.6. The predicted molar refractivity (Wildman–Crippen MR) is 77.1 cm³/mol. The average molecular weight is 393 g/mol. The van der Waals surface area contributed by atoms with E-state index in [0.29, 0.717) is 0 Å². The minimum absolute atomic E-state index is 0.429. The van der Waals surface area contributed by atoms with Gasteiger partial charge in [0.15, 0.2) is 0 Å². The monoisotopic (exact) mass is 393 g/mol. The fraction of sp³-hybridized carbons (Fsp3) is 1.00. The zero-order valence-corrected chi connectivity index (χ0v) is 13.7. The second kappa shape index (κ2) is 8.94. The molecule has 0 aromatic rings. The van der Waals surface area contributed by atoms with Crippen molar-refractivity contribution < 1.29 is 58.0 Å². The van der Waals surface area contributed by atoms with Crippen LogP contribution in [0.15, 0.2) is 0 Å². The summed E-state index contributed by atoms with van der Waals surface area (Å²) in [6.45, 7) is -2.23. The van der Waals surface area contributed by atoms with Gasteiger partial charge in [-0.1, -0.05) is 0 Å². The number of β-amino-alcohol motifs (C(OH)–C–C–N with tert-alkyl or cyclic N) is 1. The molecule has 14 heteroatoms. The average Bonchev–Trinajstić information content (AvgIpc) is 2.83. The second-order valence-electron chi connectivity index (χ2n) is 5.64. The van der Waals surface area contributed by atoms with E-state index in [1.807, 2.05) is 0 Å². The fourth-order valence-corrected chi connectivity index (χ4v) is 3.09. The van der Waals surface area contributed by atoms with Gasteiger partial charge in [-0.25, -0.2) is 4.18 Å². The van der Waals surface area contributed by atoms with Crippen LogP contribution >= 0.6 is 0 Å². The lowest BCUT2D eigenvalue weighted by Gasteiger charge is -2.36. The molecule has 0 aromatic carbocycles. The number of rotatable bonds is 9. The zero-order chi connectivity index (χ0) is 19.5. The number of likely N-dealkylation sites (tertiary alicyclic amines) is 1. The Bertz CT molecular complexity index is 517. The molecule has 0 radical (unpaired) electrons. The van der Waals surface area contributed by atoms with Crippen LogP contribution in [0.4, 0.5) is 0 Å². The van der Waals surface area contributed by atoms with E-state index in [2.05, 4.69) is 4.18 Å². The molecule has 13 nitrogen and oxygen atoms in total. The molecule has 0 spiro atoms. The molecule has 1 aliphatic rings. The number of nitrogens with zero attached hydrogens (tertiary/aromatic N) is 1. The summed E-state index contributed by atoms with van der Waals surface area (Å²) in [6.07, 6.45) is -13.8. The number of aliphatic hydroxyl groups excluding tert-OH is 8. The standard InChI is InChI=1S/C11H23NO12S/c13-2-4-7(17)5(15)1-12(4)11(20)9(19)10(24-25(21,22)23)8(18)6(16)3-14/h4-11,13-20H,1-3H2,(H,21,22,23)/t4-,5-,6-,7-,8-,9-,10+,11?/m1/s1. The highest BCUT2D eigenvalue weighted by Gasteiger charge is 2.48. The van der Waals surface area contributed by atoms with Gasteiger partial charge in [0.05, 0.1) is 31.5 Å². The van der Waals surface area contributed by atoms with E-state index in [9.17, 15) is 44.2 Å². The lowest BCUT2D eigenvalue weighted by Crippen LogP contribution is -2.58. The maximum atomic E-state index is 10.9. The van der Waals surface area contributed by atoms with Crippen molar-refractivity contribution in [1.29, 1.82) is 0 Å². The van der Waals surface area contributed by atoms with E-state index < -0.39 is 79.1 Å². The molecule has 1 saturated heterocycles. The van der Waals surface area contributed by atoms with Gasteiger partial charge in [0.25, 0.3) is 0 Å². The van der Waals surface area contributed by atoms with Crippen LogP contribution in [0.5, 0.6) is 0 Å². The molecule has 9 N–H and O–H groups in total. The highest BCUT2D eigenvalue weighted by atomic mass is 32.3. The van der Waals surface area contributed by atoms with E-state index in [1.165, 1.54) is 0 Å². The topological polar surface area (TPSA) is 229 Å². The van der Waals surface area contributed by atoms with Gasteiger partial charge >= 0.3 is 10.4 Å². The van der Waals surface area contributed by atoms with Crippen molar-refractivity contribution in [2.75, 3.05) is 19.8 Å². The van der Waals surface area contributed by atoms with Crippen LogP contribution in [0.2, 0.25) is 0 Å². The third kappa shape index (κ3) is 5.49. The van der Waals surface area contributed by atoms with Gasteiger partial charge in [-0.2, -0.15) is 8.42 Å². The first-order valence-corrected chi connectivity index (χ1v) is 8.52. The summed E-state index contributed by atoms with van der Waals surface area (Å²) in [5.74, 6) is 0. The Kier molecular flexibility index (Phi) is 8.06. The molecule has 25 heavy (non-hydrogen) atoms. The Morgan fingerprint density at radius 3 is 2.08 bits per heavy atom. The van der Waals surface area contributed by atoms with Crippen LogP contribution in [0.3, 0.4) is 0 Å². The van der Waals surface area contributed by atoms with Gasteiger partial charge in [-0.05, 0) is 0 Å². The Hall–Kier alpha value is -0.490. The quantitative estimate of drug-likeness (QED) is 0.166. The second-order valence-corrected chi connectivity index (χ2v) is 6.69. The van der Waals surface area contributed by atoms with Gasteiger partial charge < -0.3 is 40.9 Å². The first-order chi connectivity index (χ1) is 11.4. The molecule has 1 heterocycles. The van der Waals surface area contributed by atoms with E-state index in [1.54, 1.807) is 0 Å². The molecule has 1 aliphatic heterocycles. The molecule has 8 atom stereocenters. The van der Waals surface area contributed by atoms with Gasteiger partial charge in [0.2, 0.25) is 0 Å². The van der Waals surface area contributed by atoms with E-state index in [4.69, 9.17) is 9.66 Å². The SMILES string of the molecule is O=S(=O)(O)O[C@@H]([C@H](O)[C@H](O)CO)[C@@H](O)C(O)N1C[C@@H](O)[C@H](O)[C@H]1CO. The molecule has 0 aliphatic carbocycles.